The van der Waals surface area contributed by atoms with Crippen LogP contribution in [-0.2, 0) is 9.59 Å². The van der Waals surface area contributed by atoms with Crippen molar-refractivity contribution < 1.29 is 9.59 Å². The number of amides is 2. The zero-order valence-electron chi connectivity index (χ0n) is 11.9. The van der Waals surface area contributed by atoms with E-state index in [1.165, 1.54) is 0 Å². The number of hydrogen-bond donors (Lipinski definition) is 3. The molecule has 0 bridgehead atoms. The standard InChI is InChI=1S/C14H25N3O2.ClH/c15-11-5-3-4-10(11)8-12(18)17-9-14(13(16)19)6-1-2-7-14;/h10-11H,1-9,15H2,(H2,16,19)(H,17,18);1H/t10-,11+;/m0./s1. The van der Waals surface area contributed by atoms with Crippen LogP contribution in [0, 0.1) is 11.3 Å². The van der Waals surface area contributed by atoms with Gasteiger partial charge in [-0.1, -0.05) is 19.3 Å². The number of carbonyl (C=O) groups excluding carboxylic acids is 2. The molecule has 5 N–H and O–H groups in total. The van der Waals surface area contributed by atoms with Crippen LogP contribution < -0.4 is 16.8 Å². The molecule has 2 aliphatic carbocycles. The van der Waals surface area contributed by atoms with Crippen molar-refractivity contribution >= 4 is 24.2 Å². The van der Waals surface area contributed by atoms with Gasteiger partial charge in [0, 0.05) is 19.0 Å². The number of halogens is 1. The Morgan fingerprint density at radius 3 is 2.30 bits per heavy atom. The Morgan fingerprint density at radius 1 is 1.15 bits per heavy atom. The third-order valence-corrected chi connectivity index (χ3v) is 4.87. The molecule has 5 nitrogen and oxygen atoms in total. The molecule has 2 saturated carbocycles. The first-order valence-corrected chi connectivity index (χ1v) is 7.36. The fourth-order valence-corrected chi connectivity index (χ4v) is 3.46. The monoisotopic (exact) mass is 303 g/mol. The van der Waals surface area contributed by atoms with Gasteiger partial charge in [-0.25, -0.2) is 0 Å². The summed E-state index contributed by atoms with van der Waals surface area (Å²) in [6, 6.07) is 0.155. The van der Waals surface area contributed by atoms with Crippen LogP contribution >= 0.6 is 12.4 Å². The highest BCUT2D eigenvalue weighted by Gasteiger charge is 2.39. The van der Waals surface area contributed by atoms with E-state index in [1.54, 1.807) is 0 Å². The highest BCUT2D eigenvalue weighted by molar-refractivity contribution is 5.85. The van der Waals surface area contributed by atoms with Crippen molar-refractivity contribution in [3.63, 3.8) is 0 Å². The smallest absolute Gasteiger partial charge is 0.225 e. The number of carbonyl (C=O) groups is 2. The summed E-state index contributed by atoms with van der Waals surface area (Å²) in [5, 5.41) is 2.90. The van der Waals surface area contributed by atoms with Crippen LogP contribution in [0.1, 0.15) is 51.4 Å². The van der Waals surface area contributed by atoms with Crippen LogP contribution in [0.25, 0.3) is 0 Å². The summed E-state index contributed by atoms with van der Waals surface area (Å²) in [4.78, 5) is 23.5. The summed E-state index contributed by atoms with van der Waals surface area (Å²) in [5.41, 5.74) is 11.0. The van der Waals surface area contributed by atoms with E-state index in [0.717, 1.165) is 44.9 Å². The summed E-state index contributed by atoms with van der Waals surface area (Å²) in [7, 11) is 0. The molecule has 2 atom stereocenters. The molecule has 2 amide bonds. The predicted octanol–water partition coefficient (Wildman–Crippen LogP) is 1.09. The zero-order valence-corrected chi connectivity index (χ0v) is 12.7. The first-order chi connectivity index (χ1) is 9.03. The molecule has 0 saturated heterocycles. The molecule has 0 unspecified atom stereocenters. The van der Waals surface area contributed by atoms with Crippen molar-refractivity contribution in [2.75, 3.05) is 6.54 Å². The lowest BCUT2D eigenvalue weighted by Gasteiger charge is -2.25. The van der Waals surface area contributed by atoms with Gasteiger partial charge < -0.3 is 16.8 Å². The SMILES string of the molecule is Cl.NC(=O)C1(CNC(=O)C[C@@H]2CCC[C@H]2N)CCCC1. The maximum absolute atomic E-state index is 11.9. The third-order valence-electron chi connectivity index (χ3n) is 4.87. The summed E-state index contributed by atoms with van der Waals surface area (Å²) in [6.07, 6.45) is 7.29. The largest absolute Gasteiger partial charge is 0.369 e. The van der Waals surface area contributed by atoms with Gasteiger partial charge in [0.1, 0.15) is 0 Å². The molecule has 116 valence electrons. The lowest BCUT2D eigenvalue weighted by atomic mass is 9.85. The maximum atomic E-state index is 11.9. The van der Waals surface area contributed by atoms with Gasteiger partial charge in [-0.15, -0.1) is 12.4 Å². The van der Waals surface area contributed by atoms with Crippen LogP contribution in [0.3, 0.4) is 0 Å². The summed E-state index contributed by atoms with van der Waals surface area (Å²) >= 11 is 0. The quantitative estimate of drug-likeness (QED) is 0.709. The minimum Gasteiger partial charge on any atom is -0.369 e. The van der Waals surface area contributed by atoms with Gasteiger partial charge in [0.2, 0.25) is 11.8 Å². The van der Waals surface area contributed by atoms with Crippen molar-refractivity contribution in [2.24, 2.45) is 22.8 Å². The molecule has 0 aliphatic heterocycles. The minimum absolute atomic E-state index is 0. The molecule has 0 spiro atoms. The number of rotatable bonds is 5. The van der Waals surface area contributed by atoms with Gasteiger partial charge in [0.25, 0.3) is 0 Å². The average molecular weight is 304 g/mol. The molecule has 0 radical (unpaired) electrons. The summed E-state index contributed by atoms with van der Waals surface area (Å²) in [5.74, 6) is 0.0332. The molecule has 20 heavy (non-hydrogen) atoms. The van der Waals surface area contributed by atoms with E-state index in [-0.39, 0.29) is 30.3 Å². The second-order valence-corrected chi connectivity index (χ2v) is 6.19. The van der Waals surface area contributed by atoms with Crippen molar-refractivity contribution in [1.29, 1.82) is 0 Å². The van der Waals surface area contributed by atoms with E-state index in [9.17, 15) is 9.59 Å². The molecular formula is C14H26ClN3O2. The van der Waals surface area contributed by atoms with Gasteiger partial charge >= 0.3 is 0 Å². The molecule has 0 aromatic carbocycles. The van der Waals surface area contributed by atoms with E-state index in [0.29, 0.717) is 18.9 Å². The Balaban J connectivity index is 0.00000200. The fraction of sp³-hybridized carbons (Fsp3) is 0.857. The van der Waals surface area contributed by atoms with Gasteiger partial charge in [-0.3, -0.25) is 9.59 Å². The lowest BCUT2D eigenvalue weighted by molar-refractivity contribution is -0.128. The molecule has 2 aliphatic rings. The topological polar surface area (TPSA) is 98.2 Å². The number of nitrogens with one attached hydrogen (secondary N) is 1. The molecule has 0 aromatic heterocycles. The van der Waals surface area contributed by atoms with E-state index in [1.807, 2.05) is 0 Å². The first kappa shape index (κ1) is 17.2. The molecule has 2 fully saturated rings. The van der Waals surface area contributed by atoms with Crippen LogP contribution in [0.5, 0.6) is 0 Å². The normalized spacial score (nSPS) is 27.9. The molecule has 6 heteroatoms. The van der Waals surface area contributed by atoms with Crippen molar-refractivity contribution in [2.45, 2.75) is 57.4 Å². The average Bonchev–Trinajstić information content (AvgIpc) is 2.98. The Morgan fingerprint density at radius 2 is 1.80 bits per heavy atom. The van der Waals surface area contributed by atoms with Gasteiger partial charge in [-0.05, 0) is 31.6 Å². The highest BCUT2D eigenvalue weighted by atomic mass is 35.5. The highest BCUT2D eigenvalue weighted by Crippen LogP contribution is 2.37. The summed E-state index contributed by atoms with van der Waals surface area (Å²) < 4.78 is 0. The third kappa shape index (κ3) is 3.85. The molecule has 0 heterocycles. The van der Waals surface area contributed by atoms with Crippen LogP contribution in [-0.4, -0.2) is 24.4 Å². The fourth-order valence-electron chi connectivity index (χ4n) is 3.46. The number of nitrogens with two attached hydrogens (primary N) is 2. The second kappa shape index (κ2) is 7.27. The van der Waals surface area contributed by atoms with Crippen molar-refractivity contribution in [1.82, 2.24) is 5.32 Å². The van der Waals surface area contributed by atoms with Gasteiger partial charge in [0.15, 0.2) is 0 Å². The number of primary amides is 1. The van der Waals surface area contributed by atoms with Crippen LogP contribution in [0.2, 0.25) is 0 Å². The minimum atomic E-state index is -0.506. The predicted molar refractivity (Wildman–Crippen MR) is 80.3 cm³/mol. The Labute approximate surface area is 126 Å². The summed E-state index contributed by atoms with van der Waals surface area (Å²) in [6.45, 7) is 0.392. The van der Waals surface area contributed by atoms with E-state index < -0.39 is 5.41 Å². The van der Waals surface area contributed by atoms with E-state index >= 15 is 0 Å². The number of hydrogen-bond acceptors (Lipinski definition) is 3. The van der Waals surface area contributed by atoms with Crippen LogP contribution in [0.15, 0.2) is 0 Å². The zero-order chi connectivity index (χ0) is 13.9. The van der Waals surface area contributed by atoms with Crippen molar-refractivity contribution in [3.05, 3.63) is 0 Å². The van der Waals surface area contributed by atoms with E-state index in [2.05, 4.69) is 5.32 Å². The van der Waals surface area contributed by atoms with Gasteiger partial charge in [-0.2, -0.15) is 0 Å². The van der Waals surface area contributed by atoms with Crippen LogP contribution in [0.4, 0.5) is 0 Å². The first-order valence-electron chi connectivity index (χ1n) is 7.36. The molecular weight excluding hydrogens is 278 g/mol. The Bertz CT molecular complexity index is 356. The Kier molecular flexibility index (Phi) is 6.27. The maximum Gasteiger partial charge on any atom is 0.225 e. The van der Waals surface area contributed by atoms with Gasteiger partial charge in [0.05, 0.1) is 5.41 Å². The lowest BCUT2D eigenvalue weighted by Crippen LogP contribution is -2.45. The molecule has 0 aromatic rings. The Hall–Kier alpha value is -0.810. The second-order valence-electron chi connectivity index (χ2n) is 6.19. The molecule has 2 rings (SSSR count). The van der Waals surface area contributed by atoms with Crippen molar-refractivity contribution in [3.8, 4) is 0 Å². The van der Waals surface area contributed by atoms with E-state index in [4.69, 9.17) is 11.5 Å².